The zero-order valence-electron chi connectivity index (χ0n) is 12.3. The van der Waals surface area contributed by atoms with Gasteiger partial charge < -0.3 is 4.74 Å². The van der Waals surface area contributed by atoms with Gasteiger partial charge in [-0.2, -0.15) is 0 Å². The molecule has 0 aliphatic carbocycles. The fourth-order valence-electron chi connectivity index (χ4n) is 2.39. The summed E-state index contributed by atoms with van der Waals surface area (Å²) in [6.07, 6.45) is -0.151. The van der Waals surface area contributed by atoms with E-state index in [1.807, 2.05) is 0 Å². The molecular weight excluding hydrogens is 353 g/mol. The Morgan fingerprint density at radius 2 is 1.46 bits per heavy atom. The van der Waals surface area contributed by atoms with Crippen molar-refractivity contribution >= 4 is 41.0 Å². The summed E-state index contributed by atoms with van der Waals surface area (Å²) in [5.74, 6) is -1.61. The van der Waals surface area contributed by atoms with Crippen molar-refractivity contribution in [2.75, 3.05) is 6.73 Å². The van der Waals surface area contributed by atoms with Crippen molar-refractivity contribution in [3.8, 4) is 0 Å². The van der Waals surface area contributed by atoms with Crippen LogP contribution in [-0.4, -0.2) is 29.4 Å². The highest BCUT2D eigenvalue weighted by molar-refractivity contribution is 6.36. The number of carbonyl (C=O) groups is 3. The van der Waals surface area contributed by atoms with Crippen LogP contribution in [0.5, 0.6) is 0 Å². The molecule has 2 amide bonds. The summed E-state index contributed by atoms with van der Waals surface area (Å²) in [5.41, 5.74) is 1.04. The van der Waals surface area contributed by atoms with E-state index in [1.54, 1.807) is 42.5 Å². The molecule has 2 aromatic carbocycles. The Balaban J connectivity index is 1.66. The Hall–Kier alpha value is -2.37. The second-order valence-electron chi connectivity index (χ2n) is 5.11. The molecular formula is C17H11Cl2NO4. The number of ether oxygens (including phenoxy) is 1. The maximum absolute atomic E-state index is 12.2. The molecule has 0 N–H and O–H groups in total. The monoisotopic (exact) mass is 363 g/mol. The maximum Gasteiger partial charge on any atom is 0.312 e. The van der Waals surface area contributed by atoms with Crippen molar-refractivity contribution in [3.63, 3.8) is 0 Å². The van der Waals surface area contributed by atoms with E-state index >= 15 is 0 Å². The number of rotatable bonds is 4. The van der Waals surface area contributed by atoms with Gasteiger partial charge in [0, 0.05) is 15.6 Å². The average Bonchev–Trinajstić information content (AvgIpc) is 2.81. The molecule has 0 atom stereocenters. The van der Waals surface area contributed by atoms with Crippen LogP contribution in [0.15, 0.2) is 42.5 Å². The molecule has 0 unspecified atom stereocenters. The third-order valence-corrected chi connectivity index (χ3v) is 4.32. The van der Waals surface area contributed by atoms with Gasteiger partial charge in [0.1, 0.15) is 0 Å². The lowest BCUT2D eigenvalue weighted by Crippen LogP contribution is -2.33. The topological polar surface area (TPSA) is 63.7 Å². The van der Waals surface area contributed by atoms with Crippen LogP contribution in [0.1, 0.15) is 26.3 Å². The third kappa shape index (κ3) is 3.00. The summed E-state index contributed by atoms with van der Waals surface area (Å²) >= 11 is 12.0. The highest BCUT2D eigenvalue weighted by atomic mass is 35.5. The van der Waals surface area contributed by atoms with Crippen LogP contribution in [0.4, 0.5) is 0 Å². The van der Waals surface area contributed by atoms with Crippen LogP contribution >= 0.6 is 23.2 Å². The molecule has 0 saturated heterocycles. The zero-order chi connectivity index (χ0) is 17.3. The van der Waals surface area contributed by atoms with E-state index in [2.05, 4.69) is 0 Å². The molecule has 1 heterocycles. The maximum atomic E-state index is 12.2. The summed E-state index contributed by atoms with van der Waals surface area (Å²) in [6, 6.07) is 11.3. The van der Waals surface area contributed by atoms with E-state index in [0.29, 0.717) is 26.7 Å². The summed E-state index contributed by atoms with van der Waals surface area (Å²) in [7, 11) is 0. The van der Waals surface area contributed by atoms with Crippen LogP contribution in [0.2, 0.25) is 10.0 Å². The molecule has 5 nitrogen and oxygen atoms in total. The minimum absolute atomic E-state index is 0.151. The Morgan fingerprint density at radius 3 is 2.00 bits per heavy atom. The van der Waals surface area contributed by atoms with Crippen LogP contribution in [0.25, 0.3) is 0 Å². The molecule has 0 fully saturated rings. The molecule has 0 aromatic heterocycles. The second-order valence-corrected chi connectivity index (χ2v) is 5.92. The van der Waals surface area contributed by atoms with Gasteiger partial charge in [0.05, 0.1) is 17.5 Å². The first-order valence-corrected chi connectivity index (χ1v) is 7.78. The van der Waals surface area contributed by atoms with Crippen molar-refractivity contribution in [2.45, 2.75) is 6.42 Å². The number of amides is 2. The highest BCUT2D eigenvalue weighted by Crippen LogP contribution is 2.25. The number of esters is 1. The summed E-state index contributed by atoms with van der Waals surface area (Å²) in [4.78, 5) is 37.2. The largest absolute Gasteiger partial charge is 0.443 e. The number of hydrogen-bond donors (Lipinski definition) is 0. The van der Waals surface area contributed by atoms with Gasteiger partial charge in [-0.3, -0.25) is 14.4 Å². The number of halogens is 2. The van der Waals surface area contributed by atoms with Gasteiger partial charge in [0.2, 0.25) is 0 Å². The van der Waals surface area contributed by atoms with E-state index in [0.717, 1.165) is 4.90 Å². The van der Waals surface area contributed by atoms with Crippen molar-refractivity contribution in [1.29, 1.82) is 0 Å². The zero-order valence-corrected chi connectivity index (χ0v) is 13.8. The highest BCUT2D eigenvalue weighted by Gasteiger charge is 2.35. The average molecular weight is 364 g/mol. The Morgan fingerprint density at radius 1 is 0.917 bits per heavy atom. The van der Waals surface area contributed by atoms with Gasteiger partial charge >= 0.3 is 5.97 Å². The third-order valence-electron chi connectivity index (χ3n) is 3.62. The minimum Gasteiger partial charge on any atom is -0.443 e. The molecule has 1 aliphatic heterocycles. The molecule has 1 aliphatic rings. The number of benzene rings is 2. The summed E-state index contributed by atoms with van der Waals surface area (Å²) in [6.45, 7) is -0.451. The molecule has 0 bridgehead atoms. The molecule has 7 heteroatoms. The van der Waals surface area contributed by atoms with Crippen molar-refractivity contribution in [2.24, 2.45) is 0 Å². The van der Waals surface area contributed by atoms with Crippen molar-refractivity contribution in [3.05, 3.63) is 69.2 Å². The first-order chi connectivity index (χ1) is 11.5. The molecule has 0 spiro atoms. The lowest BCUT2D eigenvalue weighted by molar-refractivity contribution is -0.145. The van der Waals surface area contributed by atoms with Gasteiger partial charge in [-0.25, -0.2) is 4.90 Å². The summed E-state index contributed by atoms with van der Waals surface area (Å²) in [5, 5.41) is 0.695. The van der Waals surface area contributed by atoms with E-state index in [9.17, 15) is 14.4 Å². The fourth-order valence-corrected chi connectivity index (χ4v) is 2.92. The number of fused-ring (bicyclic) bond motifs is 1. The Labute approximate surface area is 147 Å². The molecule has 24 heavy (non-hydrogen) atoms. The van der Waals surface area contributed by atoms with Crippen LogP contribution < -0.4 is 0 Å². The van der Waals surface area contributed by atoms with E-state index in [1.165, 1.54) is 0 Å². The SMILES string of the molecule is O=C(Cc1c(Cl)cccc1Cl)OCN1C(=O)c2ccccc2C1=O. The number of nitrogens with zero attached hydrogens (tertiary/aromatic N) is 1. The van der Waals surface area contributed by atoms with Gasteiger partial charge in [-0.05, 0) is 24.3 Å². The first kappa shape index (κ1) is 16.5. The number of hydrogen-bond acceptors (Lipinski definition) is 4. The predicted octanol–water partition coefficient (Wildman–Crippen LogP) is 3.33. The molecule has 122 valence electrons. The summed E-state index contributed by atoms with van der Waals surface area (Å²) < 4.78 is 5.04. The normalized spacial score (nSPS) is 13.2. The molecule has 0 saturated carbocycles. The lowest BCUT2D eigenvalue weighted by atomic mass is 10.1. The van der Waals surface area contributed by atoms with Gasteiger partial charge in [-0.1, -0.05) is 41.4 Å². The van der Waals surface area contributed by atoms with Gasteiger partial charge in [0.15, 0.2) is 6.73 Å². The van der Waals surface area contributed by atoms with E-state index in [-0.39, 0.29) is 6.42 Å². The minimum atomic E-state index is -0.637. The second kappa shape index (κ2) is 6.63. The van der Waals surface area contributed by atoms with Crippen LogP contribution in [0.3, 0.4) is 0 Å². The van der Waals surface area contributed by atoms with E-state index in [4.69, 9.17) is 27.9 Å². The number of carbonyl (C=O) groups excluding carboxylic acids is 3. The van der Waals surface area contributed by atoms with Crippen molar-refractivity contribution in [1.82, 2.24) is 4.90 Å². The van der Waals surface area contributed by atoms with Gasteiger partial charge in [0.25, 0.3) is 11.8 Å². The first-order valence-electron chi connectivity index (χ1n) is 7.03. The van der Waals surface area contributed by atoms with Crippen molar-refractivity contribution < 1.29 is 19.1 Å². The smallest absolute Gasteiger partial charge is 0.312 e. The lowest BCUT2D eigenvalue weighted by Gasteiger charge is -2.14. The van der Waals surface area contributed by atoms with Crippen LogP contribution in [0, 0.1) is 0 Å². The molecule has 3 rings (SSSR count). The fraction of sp³-hybridized carbons (Fsp3) is 0.118. The van der Waals surface area contributed by atoms with Crippen LogP contribution in [-0.2, 0) is 16.0 Å². The Bertz CT molecular complexity index is 795. The predicted molar refractivity (Wildman–Crippen MR) is 88.1 cm³/mol. The molecule has 0 radical (unpaired) electrons. The standard InChI is InChI=1S/C17H11Cl2NO4/c18-13-6-3-7-14(19)12(13)8-15(21)24-9-20-16(22)10-4-1-2-5-11(10)17(20)23/h1-7H,8-9H2. The van der Waals surface area contributed by atoms with Gasteiger partial charge in [-0.15, -0.1) is 0 Å². The molecule has 2 aromatic rings. The van der Waals surface area contributed by atoms with E-state index < -0.39 is 24.5 Å². The quantitative estimate of drug-likeness (QED) is 0.617. The Kier molecular flexibility index (Phi) is 4.55. The number of imide groups is 1.